The van der Waals surface area contributed by atoms with E-state index in [0.29, 0.717) is 0 Å². The van der Waals surface area contributed by atoms with Crippen LogP contribution < -0.4 is 0 Å². The van der Waals surface area contributed by atoms with Crippen LogP contribution in [0.25, 0.3) is 6.08 Å². The third-order valence-corrected chi connectivity index (χ3v) is 1.93. The fourth-order valence-electron chi connectivity index (χ4n) is 0.372. The highest BCUT2D eigenvalue weighted by molar-refractivity contribution is 7.80. The second kappa shape index (κ2) is 2.33. The first-order valence-corrected chi connectivity index (χ1v) is 3.42. The summed E-state index contributed by atoms with van der Waals surface area (Å²) in [4.78, 5) is 3.99. The van der Waals surface area contributed by atoms with Gasteiger partial charge in [-0.15, -0.1) is 24.0 Å². The van der Waals surface area contributed by atoms with Gasteiger partial charge in [0.2, 0.25) is 0 Å². The fourth-order valence-corrected chi connectivity index (χ4v) is 1.23. The summed E-state index contributed by atoms with van der Waals surface area (Å²) in [7, 11) is 0. The Bertz CT molecular complexity index is 192. The van der Waals surface area contributed by atoms with E-state index in [1.165, 1.54) is 0 Å². The molecule has 0 bridgehead atoms. The quantitative estimate of drug-likeness (QED) is 0.594. The molecule has 0 N–H and O–H groups in total. The van der Waals surface area contributed by atoms with Crippen LogP contribution in [0.5, 0.6) is 0 Å². The maximum absolute atomic E-state index is 4.01. The lowest BCUT2D eigenvalue weighted by Gasteiger charge is -1.73. The van der Waals surface area contributed by atoms with Crippen LogP contribution in [0.4, 0.5) is 0 Å². The molecule has 0 aliphatic heterocycles. The van der Waals surface area contributed by atoms with Crippen molar-refractivity contribution >= 4 is 30.0 Å². The van der Waals surface area contributed by atoms with Crippen molar-refractivity contribution in [3.05, 3.63) is 17.0 Å². The van der Waals surface area contributed by atoms with Crippen molar-refractivity contribution in [2.75, 3.05) is 0 Å². The first-order chi connectivity index (χ1) is 3.83. The van der Waals surface area contributed by atoms with Crippen molar-refractivity contribution in [2.45, 2.75) is 5.03 Å². The zero-order valence-corrected chi connectivity index (χ0v) is 5.88. The van der Waals surface area contributed by atoms with Crippen molar-refractivity contribution in [1.82, 2.24) is 4.98 Å². The van der Waals surface area contributed by atoms with Crippen molar-refractivity contribution in [3.63, 3.8) is 0 Å². The minimum Gasteiger partial charge on any atom is -0.231 e. The molecule has 42 valence electrons. The number of thiol groups is 1. The second-order valence-electron chi connectivity index (χ2n) is 1.25. The molecule has 0 aromatic carbocycles. The van der Waals surface area contributed by atoms with Crippen LogP contribution in [0.15, 0.2) is 17.0 Å². The number of aromatic nitrogens is 1. The summed E-state index contributed by atoms with van der Waals surface area (Å²) in [6, 6.07) is 0. The lowest BCUT2D eigenvalue weighted by molar-refractivity contribution is 1.20. The average Bonchev–Trinajstić information content (AvgIpc) is 2.14. The molecule has 0 radical (unpaired) electrons. The summed E-state index contributed by atoms with van der Waals surface area (Å²) in [6.07, 6.45) is 1.71. The van der Waals surface area contributed by atoms with Crippen LogP contribution in [0, 0.1) is 0 Å². The molecule has 1 aromatic heterocycles. The monoisotopic (exact) mass is 143 g/mol. The smallest absolute Gasteiger partial charge is 0.116 e. The Morgan fingerprint density at radius 1 is 1.88 bits per heavy atom. The third-order valence-electron chi connectivity index (χ3n) is 0.684. The average molecular weight is 143 g/mol. The van der Waals surface area contributed by atoms with E-state index in [4.69, 9.17) is 0 Å². The Morgan fingerprint density at radius 3 is 2.88 bits per heavy atom. The number of nitrogens with zero attached hydrogens (tertiary/aromatic N) is 1. The molecule has 8 heavy (non-hydrogen) atoms. The van der Waals surface area contributed by atoms with Gasteiger partial charge in [-0.3, -0.25) is 0 Å². The van der Waals surface area contributed by atoms with E-state index in [1.54, 1.807) is 17.4 Å². The largest absolute Gasteiger partial charge is 0.231 e. The van der Waals surface area contributed by atoms with E-state index < -0.39 is 0 Å². The van der Waals surface area contributed by atoms with Gasteiger partial charge in [-0.2, -0.15) is 0 Å². The van der Waals surface area contributed by atoms with E-state index in [2.05, 4.69) is 24.2 Å². The molecule has 0 amide bonds. The van der Waals surface area contributed by atoms with E-state index in [0.717, 1.165) is 10.0 Å². The Morgan fingerprint density at radius 2 is 2.62 bits per heavy atom. The Balaban J connectivity index is 3.00. The molecule has 1 aromatic rings. The lowest BCUT2D eigenvalue weighted by Crippen LogP contribution is -1.63. The van der Waals surface area contributed by atoms with Crippen molar-refractivity contribution < 1.29 is 0 Å². The van der Waals surface area contributed by atoms with Gasteiger partial charge in [0.15, 0.2) is 0 Å². The SMILES string of the molecule is C=Cc1nc(S)cs1. The van der Waals surface area contributed by atoms with Crippen molar-refractivity contribution in [1.29, 1.82) is 0 Å². The summed E-state index contributed by atoms with van der Waals surface area (Å²) in [5, 5.41) is 3.57. The fraction of sp³-hybridized carbons (Fsp3) is 0. The van der Waals surface area contributed by atoms with E-state index >= 15 is 0 Å². The van der Waals surface area contributed by atoms with Gasteiger partial charge in [0.25, 0.3) is 0 Å². The zero-order chi connectivity index (χ0) is 5.98. The first kappa shape index (κ1) is 5.85. The van der Waals surface area contributed by atoms with Gasteiger partial charge in [0.05, 0.1) is 0 Å². The molecule has 1 rings (SSSR count). The van der Waals surface area contributed by atoms with Gasteiger partial charge in [-0.25, -0.2) is 4.98 Å². The van der Waals surface area contributed by atoms with Gasteiger partial charge in [0.1, 0.15) is 10.0 Å². The second-order valence-corrected chi connectivity index (χ2v) is 2.60. The molecule has 0 spiro atoms. The molecule has 0 unspecified atom stereocenters. The lowest BCUT2D eigenvalue weighted by atomic mass is 10.7. The van der Waals surface area contributed by atoms with Crippen LogP contribution >= 0.6 is 24.0 Å². The Labute approximate surface area is 57.5 Å². The highest BCUT2D eigenvalue weighted by Gasteiger charge is 1.89. The standard InChI is InChI=1S/C5H5NS2/c1-2-5-6-4(7)3-8-5/h2-3,7H,1H2. The van der Waals surface area contributed by atoms with Gasteiger partial charge >= 0.3 is 0 Å². The van der Waals surface area contributed by atoms with Gasteiger partial charge < -0.3 is 0 Å². The molecule has 0 fully saturated rings. The highest BCUT2D eigenvalue weighted by atomic mass is 32.1. The van der Waals surface area contributed by atoms with Crippen molar-refractivity contribution in [2.24, 2.45) is 0 Å². The predicted molar refractivity (Wildman–Crippen MR) is 39.5 cm³/mol. The molecule has 0 atom stereocenters. The molecular weight excluding hydrogens is 138 g/mol. The first-order valence-electron chi connectivity index (χ1n) is 2.10. The Hall–Kier alpha value is -0.280. The van der Waals surface area contributed by atoms with E-state index in [1.807, 2.05) is 5.38 Å². The number of hydrogen-bond donors (Lipinski definition) is 1. The van der Waals surface area contributed by atoms with Gasteiger partial charge in [0, 0.05) is 5.38 Å². The maximum atomic E-state index is 4.01. The number of hydrogen-bond acceptors (Lipinski definition) is 3. The highest BCUT2D eigenvalue weighted by Crippen LogP contribution is 2.12. The minimum atomic E-state index is 0.768. The molecule has 1 nitrogen and oxygen atoms in total. The Kier molecular flexibility index (Phi) is 1.70. The predicted octanol–water partition coefficient (Wildman–Crippen LogP) is 2.07. The maximum Gasteiger partial charge on any atom is 0.116 e. The van der Waals surface area contributed by atoms with Gasteiger partial charge in [-0.1, -0.05) is 6.58 Å². The van der Waals surface area contributed by atoms with E-state index in [-0.39, 0.29) is 0 Å². The topological polar surface area (TPSA) is 12.9 Å². The zero-order valence-electron chi connectivity index (χ0n) is 4.16. The van der Waals surface area contributed by atoms with Crippen LogP contribution in [-0.4, -0.2) is 4.98 Å². The number of thiazole rings is 1. The van der Waals surface area contributed by atoms with Crippen molar-refractivity contribution in [3.8, 4) is 0 Å². The summed E-state index contributed by atoms with van der Waals surface area (Å²) in [5.74, 6) is 0. The molecule has 3 heteroatoms. The van der Waals surface area contributed by atoms with Crippen LogP contribution in [0.3, 0.4) is 0 Å². The van der Waals surface area contributed by atoms with Gasteiger partial charge in [-0.05, 0) is 6.08 Å². The minimum absolute atomic E-state index is 0.768. The van der Waals surface area contributed by atoms with E-state index in [9.17, 15) is 0 Å². The molecule has 0 saturated carbocycles. The molecule has 1 heterocycles. The summed E-state index contributed by atoms with van der Waals surface area (Å²) < 4.78 is 0. The summed E-state index contributed by atoms with van der Waals surface area (Å²) in [6.45, 7) is 3.56. The number of rotatable bonds is 1. The normalized spacial score (nSPS) is 9.12. The summed E-state index contributed by atoms with van der Waals surface area (Å²) >= 11 is 5.55. The molecule has 0 aliphatic rings. The molecular formula is C5H5NS2. The summed E-state index contributed by atoms with van der Waals surface area (Å²) in [5.41, 5.74) is 0. The van der Waals surface area contributed by atoms with Crippen LogP contribution in [-0.2, 0) is 0 Å². The van der Waals surface area contributed by atoms with Crippen LogP contribution in [0.2, 0.25) is 0 Å². The van der Waals surface area contributed by atoms with Crippen LogP contribution in [0.1, 0.15) is 5.01 Å². The third kappa shape index (κ3) is 1.11. The molecule has 0 aliphatic carbocycles. The molecule has 0 saturated heterocycles.